The maximum atomic E-state index is 3.73. The minimum Gasteiger partial charge on any atom is -0.0985 e. The van der Waals surface area contributed by atoms with Crippen molar-refractivity contribution < 1.29 is 0 Å². The van der Waals surface area contributed by atoms with Crippen molar-refractivity contribution in [1.29, 1.82) is 0 Å². The molecule has 0 bridgehead atoms. The monoisotopic (exact) mass is 294 g/mol. The van der Waals surface area contributed by atoms with E-state index >= 15 is 0 Å². The summed E-state index contributed by atoms with van der Waals surface area (Å²) < 4.78 is 0. The lowest BCUT2D eigenvalue weighted by atomic mass is 10.0. The SMILES string of the molecule is C=Cc1cccc(C(C)C)c1.C=Cc1ccccc1C.CC. The van der Waals surface area contributed by atoms with Crippen LogP contribution in [0.4, 0.5) is 0 Å². The molecule has 0 amide bonds. The van der Waals surface area contributed by atoms with Gasteiger partial charge < -0.3 is 0 Å². The molecule has 0 N–H and O–H groups in total. The lowest BCUT2D eigenvalue weighted by Crippen LogP contribution is -1.86. The van der Waals surface area contributed by atoms with Crippen LogP contribution in [0.2, 0.25) is 0 Å². The number of hydrogen-bond donors (Lipinski definition) is 0. The highest BCUT2D eigenvalue weighted by Crippen LogP contribution is 2.15. The van der Waals surface area contributed by atoms with Gasteiger partial charge in [0.05, 0.1) is 0 Å². The van der Waals surface area contributed by atoms with E-state index in [1.807, 2.05) is 38.1 Å². The summed E-state index contributed by atoms with van der Waals surface area (Å²) in [5.74, 6) is 0.606. The molecule has 0 fully saturated rings. The summed E-state index contributed by atoms with van der Waals surface area (Å²) >= 11 is 0. The predicted molar refractivity (Wildman–Crippen MR) is 103 cm³/mol. The second kappa shape index (κ2) is 11.6. The van der Waals surface area contributed by atoms with Crippen molar-refractivity contribution in [2.24, 2.45) is 0 Å². The summed E-state index contributed by atoms with van der Waals surface area (Å²) in [6, 6.07) is 16.7. The molecule has 0 nitrogen and oxygen atoms in total. The van der Waals surface area contributed by atoms with Gasteiger partial charge in [0.25, 0.3) is 0 Å². The van der Waals surface area contributed by atoms with Gasteiger partial charge in [-0.1, -0.05) is 102 Å². The fourth-order valence-corrected chi connectivity index (χ4v) is 1.86. The van der Waals surface area contributed by atoms with Gasteiger partial charge in [-0.15, -0.1) is 0 Å². The molecular weight excluding hydrogens is 264 g/mol. The van der Waals surface area contributed by atoms with Gasteiger partial charge in [0.2, 0.25) is 0 Å². The molecule has 0 saturated carbocycles. The molecule has 0 saturated heterocycles. The average molecular weight is 294 g/mol. The van der Waals surface area contributed by atoms with Crippen LogP contribution in [0.15, 0.2) is 61.7 Å². The van der Waals surface area contributed by atoms with Gasteiger partial charge in [0, 0.05) is 0 Å². The second-order valence-corrected chi connectivity index (χ2v) is 5.09. The summed E-state index contributed by atoms with van der Waals surface area (Å²) in [5, 5.41) is 0. The highest BCUT2D eigenvalue weighted by atomic mass is 14.0. The largest absolute Gasteiger partial charge is 0.0985 e. The second-order valence-electron chi connectivity index (χ2n) is 5.09. The molecule has 0 unspecified atom stereocenters. The number of benzene rings is 2. The molecule has 2 rings (SSSR count). The highest BCUT2D eigenvalue weighted by Gasteiger charge is 1.97. The van der Waals surface area contributed by atoms with E-state index in [1.165, 1.54) is 22.3 Å². The number of aryl methyl sites for hydroxylation is 1. The Morgan fingerprint density at radius 1 is 0.864 bits per heavy atom. The Morgan fingerprint density at radius 2 is 1.50 bits per heavy atom. The molecule has 2 aromatic rings. The third kappa shape index (κ3) is 7.08. The van der Waals surface area contributed by atoms with E-state index in [0.717, 1.165) is 0 Å². The van der Waals surface area contributed by atoms with Gasteiger partial charge in [-0.25, -0.2) is 0 Å². The molecule has 2 aromatic carbocycles. The van der Waals surface area contributed by atoms with Crippen molar-refractivity contribution >= 4 is 12.2 Å². The van der Waals surface area contributed by atoms with Crippen LogP contribution in [-0.2, 0) is 0 Å². The van der Waals surface area contributed by atoms with Gasteiger partial charge in [-0.05, 0) is 35.1 Å². The lowest BCUT2D eigenvalue weighted by Gasteiger charge is -2.04. The first-order valence-corrected chi connectivity index (χ1v) is 7.99. The molecule has 0 aliphatic carbocycles. The van der Waals surface area contributed by atoms with Crippen LogP contribution in [-0.4, -0.2) is 0 Å². The van der Waals surface area contributed by atoms with Gasteiger partial charge in [-0.3, -0.25) is 0 Å². The zero-order valence-corrected chi connectivity index (χ0v) is 14.8. The smallest absolute Gasteiger partial charge is 0.0219 e. The third-order valence-corrected chi connectivity index (χ3v) is 3.22. The Kier molecular flexibility index (Phi) is 10.5. The number of hydrogen-bond acceptors (Lipinski definition) is 0. The maximum Gasteiger partial charge on any atom is -0.0219 e. The molecule has 0 aliphatic rings. The van der Waals surface area contributed by atoms with Crippen molar-refractivity contribution in [1.82, 2.24) is 0 Å². The topological polar surface area (TPSA) is 0 Å². The predicted octanol–water partition coefficient (Wildman–Crippen LogP) is 7.12. The van der Waals surface area contributed by atoms with Crippen molar-refractivity contribution in [2.75, 3.05) is 0 Å². The van der Waals surface area contributed by atoms with E-state index in [9.17, 15) is 0 Å². The first-order valence-electron chi connectivity index (χ1n) is 7.99. The maximum absolute atomic E-state index is 3.73. The molecular formula is C22H30. The van der Waals surface area contributed by atoms with Crippen LogP contribution in [0.5, 0.6) is 0 Å². The van der Waals surface area contributed by atoms with Crippen molar-refractivity contribution in [2.45, 2.75) is 40.5 Å². The van der Waals surface area contributed by atoms with Gasteiger partial charge >= 0.3 is 0 Å². The quantitative estimate of drug-likeness (QED) is 0.565. The molecule has 118 valence electrons. The Bertz CT molecular complexity index is 562. The molecule has 0 radical (unpaired) electrons. The first-order chi connectivity index (χ1) is 10.6. The number of rotatable bonds is 3. The van der Waals surface area contributed by atoms with Crippen LogP contribution < -0.4 is 0 Å². The van der Waals surface area contributed by atoms with Crippen LogP contribution in [0, 0.1) is 6.92 Å². The molecule has 0 aromatic heterocycles. The van der Waals surface area contributed by atoms with Gasteiger partial charge in [0.1, 0.15) is 0 Å². The summed E-state index contributed by atoms with van der Waals surface area (Å²) in [5.41, 5.74) is 5.09. The molecule has 0 heterocycles. The van der Waals surface area contributed by atoms with Crippen molar-refractivity contribution in [3.8, 4) is 0 Å². The molecule has 0 spiro atoms. The highest BCUT2D eigenvalue weighted by molar-refractivity contribution is 5.51. The molecule has 0 aliphatic heterocycles. The van der Waals surface area contributed by atoms with Crippen LogP contribution in [0.3, 0.4) is 0 Å². The van der Waals surface area contributed by atoms with E-state index in [0.29, 0.717) is 5.92 Å². The van der Waals surface area contributed by atoms with Crippen LogP contribution in [0.1, 0.15) is 55.9 Å². The Morgan fingerprint density at radius 3 is 1.95 bits per heavy atom. The van der Waals surface area contributed by atoms with Gasteiger partial charge in [-0.2, -0.15) is 0 Å². The Balaban J connectivity index is 0.000000366. The first kappa shape index (κ1) is 19.9. The van der Waals surface area contributed by atoms with E-state index in [1.54, 1.807) is 0 Å². The standard InChI is InChI=1S/C11H14.C9H10.C2H6/c1-4-10-6-5-7-11(8-10)9(2)3;1-3-9-7-5-4-6-8(9)2;1-2/h4-9H,1H2,2-3H3;3-7H,1H2,2H3;1-2H3. The van der Waals surface area contributed by atoms with Crippen LogP contribution >= 0.6 is 0 Å². The zero-order chi connectivity index (χ0) is 17.0. The van der Waals surface area contributed by atoms with Crippen molar-refractivity contribution in [3.05, 3.63) is 83.9 Å². The van der Waals surface area contributed by atoms with E-state index in [4.69, 9.17) is 0 Å². The van der Waals surface area contributed by atoms with Gasteiger partial charge in [0.15, 0.2) is 0 Å². The molecule has 0 atom stereocenters. The van der Waals surface area contributed by atoms with Crippen LogP contribution in [0.25, 0.3) is 12.2 Å². The fourth-order valence-electron chi connectivity index (χ4n) is 1.86. The normalized spacial score (nSPS) is 9.00. The summed E-state index contributed by atoms with van der Waals surface area (Å²) in [6.45, 7) is 17.9. The average Bonchev–Trinajstić information content (AvgIpc) is 2.57. The minimum atomic E-state index is 0.606. The van der Waals surface area contributed by atoms with E-state index < -0.39 is 0 Å². The summed E-state index contributed by atoms with van der Waals surface area (Å²) in [6.07, 6.45) is 3.75. The fraction of sp³-hybridized carbons (Fsp3) is 0.273. The lowest BCUT2D eigenvalue weighted by molar-refractivity contribution is 0.866. The van der Waals surface area contributed by atoms with E-state index in [-0.39, 0.29) is 0 Å². The Hall–Kier alpha value is -2.08. The zero-order valence-electron chi connectivity index (χ0n) is 14.8. The minimum absolute atomic E-state index is 0.606. The Labute approximate surface area is 137 Å². The molecule has 22 heavy (non-hydrogen) atoms. The summed E-state index contributed by atoms with van der Waals surface area (Å²) in [7, 11) is 0. The third-order valence-electron chi connectivity index (χ3n) is 3.22. The molecule has 0 heteroatoms. The van der Waals surface area contributed by atoms with E-state index in [2.05, 4.69) is 70.3 Å². The summed E-state index contributed by atoms with van der Waals surface area (Å²) in [4.78, 5) is 0. The van der Waals surface area contributed by atoms with Crippen molar-refractivity contribution in [3.63, 3.8) is 0 Å².